The van der Waals surface area contributed by atoms with Gasteiger partial charge >= 0.3 is 5.97 Å². The van der Waals surface area contributed by atoms with Gasteiger partial charge in [-0.05, 0) is 13.3 Å². The standard InChI is InChI=1S/C12H23O2/c1-3-5-6-7-8-9-10-11-12(13)14-4-2/h11H,3-10H2,1-2H3. The smallest absolute Gasteiger partial charge is 0.309 e. The molecule has 0 unspecified atom stereocenters. The summed E-state index contributed by atoms with van der Waals surface area (Å²) in [5, 5.41) is 0. The lowest BCUT2D eigenvalue weighted by Gasteiger charge is -2.01. The lowest BCUT2D eigenvalue weighted by molar-refractivity contribution is -0.139. The van der Waals surface area contributed by atoms with E-state index in [0.717, 1.165) is 12.8 Å². The van der Waals surface area contributed by atoms with E-state index in [-0.39, 0.29) is 5.97 Å². The molecule has 0 aromatic carbocycles. The molecule has 0 rings (SSSR count). The van der Waals surface area contributed by atoms with Crippen LogP contribution in [0, 0.1) is 6.42 Å². The van der Waals surface area contributed by atoms with E-state index in [4.69, 9.17) is 4.74 Å². The van der Waals surface area contributed by atoms with Gasteiger partial charge in [-0.15, -0.1) is 0 Å². The predicted octanol–water partition coefficient (Wildman–Crippen LogP) is 3.50. The minimum absolute atomic E-state index is 0.166. The first-order valence-electron chi connectivity index (χ1n) is 5.81. The van der Waals surface area contributed by atoms with Crippen LogP contribution < -0.4 is 0 Å². The van der Waals surface area contributed by atoms with E-state index in [0.29, 0.717) is 6.61 Å². The summed E-state index contributed by atoms with van der Waals surface area (Å²) in [5.74, 6) is -0.166. The number of rotatable bonds is 9. The second kappa shape index (κ2) is 10.6. The summed E-state index contributed by atoms with van der Waals surface area (Å²) >= 11 is 0. The molecule has 0 aromatic heterocycles. The Labute approximate surface area is 88.0 Å². The predicted molar refractivity (Wildman–Crippen MR) is 58.9 cm³/mol. The quantitative estimate of drug-likeness (QED) is 0.419. The molecule has 0 fully saturated rings. The van der Waals surface area contributed by atoms with Crippen molar-refractivity contribution in [3.63, 3.8) is 0 Å². The first-order valence-corrected chi connectivity index (χ1v) is 5.81. The highest BCUT2D eigenvalue weighted by Crippen LogP contribution is 2.08. The molecule has 0 N–H and O–H groups in total. The highest BCUT2D eigenvalue weighted by atomic mass is 16.5. The van der Waals surface area contributed by atoms with E-state index in [2.05, 4.69) is 6.92 Å². The van der Waals surface area contributed by atoms with E-state index in [1.165, 1.54) is 32.1 Å². The van der Waals surface area contributed by atoms with E-state index < -0.39 is 0 Å². The summed E-state index contributed by atoms with van der Waals surface area (Å²) in [5.41, 5.74) is 0. The average Bonchev–Trinajstić information content (AvgIpc) is 2.17. The zero-order valence-corrected chi connectivity index (χ0v) is 9.55. The maximum absolute atomic E-state index is 10.9. The van der Waals surface area contributed by atoms with E-state index in [1.807, 2.05) is 6.92 Å². The molecular weight excluding hydrogens is 176 g/mol. The molecule has 0 bridgehead atoms. The minimum atomic E-state index is -0.166. The lowest BCUT2D eigenvalue weighted by Crippen LogP contribution is -2.03. The van der Waals surface area contributed by atoms with Gasteiger partial charge in [0.2, 0.25) is 0 Å². The molecule has 0 atom stereocenters. The molecule has 0 spiro atoms. The fourth-order valence-electron chi connectivity index (χ4n) is 1.35. The Morgan fingerprint density at radius 3 is 2.36 bits per heavy atom. The van der Waals surface area contributed by atoms with Crippen molar-refractivity contribution in [1.29, 1.82) is 0 Å². The Hall–Kier alpha value is -0.530. The summed E-state index contributed by atoms with van der Waals surface area (Å²) in [4.78, 5) is 10.9. The number of esters is 1. The van der Waals surface area contributed by atoms with Crippen LogP contribution >= 0.6 is 0 Å². The first-order chi connectivity index (χ1) is 6.81. The number of ether oxygens (including phenoxy) is 1. The molecule has 0 aliphatic carbocycles. The van der Waals surface area contributed by atoms with Crippen molar-refractivity contribution >= 4 is 5.97 Å². The van der Waals surface area contributed by atoms with Gasteiger partial charge in [0.15, 0.2) is 0 Å². The third kappa shape index (κ3) is 9.56. The molecular formula is C12H23O2. The molecule has 0 amide bonds. The van der Waals surface area contributed by atoms with Gasteiger partial charge in [-0.3, -0.25) is 4.79 Å². The van der Waals surface area contributed by atoms with Gasteiger partial charge in [-0.2, -0.15) is 0 Å². The van der Waals surface area contributed by atoms with Gasteiger partial charge in [0, 0.05) is 0 Å². The second-order valence-corrected chi connectivity index (χ2v) is 3.51. The maximum atomic E-state index is 10.9. The van der Waals surface area contributed by atoms with Crippen LogP contribution in [-0.2, 0) is 9.53 Å². The van der Waals surface area contributed by atoms with Crippen LogP contribution in [0.25, 0.3) is 0 Å². The van der Waals surface area contributed by atoms with Gasteiger partial charge in [0.05, 0.1) is 13.0 Å². The van der Waals surface area contributed by atoms with Crippen molar-refractivity contribution in [3.05, 3.63) is 6.42 Å². The molecule has 0 aliphatic heterocycles. The molecule has 0 heterocycles. The van der Waals surface area contributed by atoms with Crippen LogP contribution in [0.15, 0.2) is 0 Å². The van der Waals surface area contributed by atoms with Crippen LogP contribution in [-0.4, -0.2) is 12.6 Å². The average molecular weight is 199 g/mol. The monoisotopic (exact) mass is 199 g/mol. The zero-order chi connectivity index (χ0) is 10.6. The third-order valence-electron chi connectivity index (χ3n) is 2.16. The van der Waals surface area contributed by atoms with Crippen molar-refractivity contribution in [2.75, 3.05) is 6.61 Å². The number of hydrogen-bond acceptors (Lipinski definition) is 2. The summed E-state index contributed by atoms with van der Waals surface area (Å²) in [6.45, 7) is 4.52. The normalized spacial score (nSPS) is 10.1. The molecule has 0 saturated heterocycles. The summed E-state index contributed by atoms with van der Waals surface area (Å²) in [7, 11) is 0. The molecule has 2 heteroatoms. The Morgan fingerprint density at radius 2 is 1.71 bits per heavy atom. The lowest BCUT2D eigenvalue weighted by atomic mass is 10.1. The number of unbranched alkanes of at least 4 members (excludes halogenated alkanes) is 6. The Kier molecular flexibility index (Phi) is 10.2. The molecule has 14 heavy (non-hydrogen) atoms. The SMILES string of the molecule is CCCCCCCC[CH]C(=O)OCC. The minimum Gasteiger partial charge on any atom is -0.466 e. The summed E-state index contributed by atoms with van der Waals surface area (Å²) in [6.07, 6.45) is 10.1. The van der Waals surface area contributed by atoms with Gasteiger partial charge in [-0.25, -0.2) is 0 Å². The number of hydrogen-bond donors (Lipinski definition) is 0. The maximum Gasteiger partial charge on any atom is 0.309 e. The van der Waals surface area contributed by atoms with Gasteiger partial charge < -0.3 is 4.74 Å². The third-order valence-corrected chi connectivity index (χ3v) is 2.16. The van der Waals surface area contributed by atoms with Crippen molar-refractivity contribution in [1.82, 2.24) is 0 Å². The Balaban J connectivity index is 3.01. The molecule has 83 valence electrons. The van der Waals surface area contributed by atoms with Gasteiger partial charge in [-0.1, -0.05) is 45.4 Å². The van der Waals surface area contributed by atoms with E-state index in [1.54, 1.807) is 6.42 Å². The highest BCUT2D eigenvalue weighted by Gasteiger charge is 2.00. The van der Waals surface area contributed by atoms with Crippen molar-refractivity contribution < 1.29 is 9.53 Å². The van der Waals surface area contributed by atoms with Gasteiger partial charge in [0.25, 0.3) is 0 Å². The molecule has 0 aliphatic rings. The largest absolute Gasteiger partial charge is 0.466 e. The topological polar surface area (TPSA) is 26.3 Å². The van der Waals surface area contributed by atoms with Crippen molar-refractivity contribution in [3.8, 4) is 0 Å². The molecule has 2 nitrogen and oxygen atoms in total. The van der Waals surface area contributed by atoms with Crippen LogP contribution in [0.5, 0.6) is 0 Å². The zero-order valence-electron chi connectivity index (χ0n) is 9.55. The van der Waals surface area contributed by atoms with Crippen molar-refractivity contribution in [2.24, 2.45) is 0 Å². The fraction of sp³-hybridized carbons (Fsp3) is 0.833. The summed E-state index contributed by atoms with van der Waals surface area (Å²) in [6, 6.07) is 0. The molecule has 0 saturated carbocycles. The molecule has 0 aromatic rings. The van der Waals surface area contributed by atoms with Crippen LogP contribution in [0.1, 0.15) is 58.8 Å². The van der Waals surface area contributed by atoms with E-state index >= 15 is 0 Å². The molecule has 1 radical (unpaired) electrons. The Morgan fingerprint density at radius 1 is 1.07 bits per heavy atom. The van der Waals surface area contributed by atoms with E-state index in [9.17, 15) is 4.79 Å². The van der Waals surface area contributed by atoms with Gasteiger partial charge in [0.1, 0.15) is 0 Å². The number of carbonyl (C=O) groups excluding carboxylic acids is 1. The highest BCUT2D eigenvalue weighted by molar-refractivity contribution is 5.78. The second-order valence-electron chi connectivity index (χ2n) is 3.51. The van der Waals surface area contributed by atoms with Crippen LogP contribution in [0.3, 0.4) is 0 Å². The fourth-order valence-corrected chi connectivity index (χ4v) is 1.35. The first kappa shape index (κ1) is 13.5. The van der Waals surface area contributed by atoms with Crippen molar-refractivity contribution in [2.45, 2.75) is 58.8 Å². The summed E-state index contributed by atoms with van der Waals surface area (Å²) < 4.78 is 4.79. The Bertz CT molecular complexity index is 132. The number of carbonyl (C=O) groups is 1. The van der Waals surface area contributed by atoms with Crippen LogP contribution in [0.4, 0.5) is 0 Å². The van der Waals surface area contributed by atoms with Crippen LogP contribution in [0.2, 0.25) is 0 Å².